The second-order valence-electron chi connectivity index (χ2n) is 4.60. The van der Waals surface area contributed by atoms with E-state index in [0.717, 1.165) is 23.4 Å². The first-order valence-electron chi connectivity index (χ1n) is 6.44. The lowest BCUT2D eigenvalue weighted by Gasteiger charge is -2.22. The van der Waals surface area contributed by atoms with Gasteiger partial charge >= 0.3 is 0 Å². The van der Waals surface area contributed by atoms with Crippen LogP contribution < -0.4 is 9.62 Å². The smallest absolute Gasteiger partial charge is 0.240 e. The fraction of sp³-hybridized carbons (Fsp3) is 0.462. The number of nitrogens with zero attached hydrogens (tertiary/aromatic N) is 1. The molecule has 0 radical (unpaired) electrons. The summed E-state index contributed by atoms with van der Waals surface area (Å²) < 4.78 is 24.7. The third kappa shape index (κ3) is 6.11. The van der Waals surface area contributed by atoms with E-state index in [1.54, 1.807) is 0 Å². The Morgan fingerprint density at radius 1 is 1.24 bits per heavy atom. The number of rotatable bonds is 7. The average Bonchev–Trinajstić information content (AvgIpc) is 2.33. The van der Waals surface area contributed by atoms with Gasteiger partial charge in [0.25, 0.3) is 0 Å². The van der Waals surface area contributed by atoms with Gasteiger partial charge < -0.3 is 5.32 Å². The zero-order chi connectivity index (χ0) is 16.0. The van der Waals surface area contributed by atoms with Crippen LogP contribution in [0.25, 0.3) is 0 Å². The minimum atomic E-state index is -3.62. The van der Waals surface area contributed by atoms with E-state index in [2.05, 4.69) is 5.32 Å². The zero-order valence-corrected chi connectivity index (χ0v) is 14.2. The highest BCUT2D eigenvalue weighted by atomic mass is 35.5. The van der Waals surface area contributed by atoms with E-state index in [0.29, 0.717) is 16.6 Å². The predicted octanol–water partition coefficient (Wildman–Crippen LogP) is 2.68. The van der Waals surface area contributed by atoms with Crippen molar-refractivity contribution >= 4 is 44.8 Å². The summed E-state index contributed by atoms with van der Waals surface area (Å²) in [5, 5.41) is 3.28. The van der Waals surface area contributed by atoms with Gasteiger partial charge in [-0.15, -0.1) is 0 Å². The van der Waals surface area contributed by atoms with Crippen molar-refractivity contribution in [3.63, 3.8) is 0 Å². The van der Waals surface area contributed by atoms with Crippen molar-refractivity contribution in [2.24, 2.45) is 0 Å². The molecule has 1 N–H and O–H groups in total. The second kappa shape index (κ2) is 7.87. The Balaban J connectivity index is 2.94. The highest BCUT2D eigenvalue weighted by molar-refractivity contribution is 7.92. The summed E-state index contributed by atoms with van der Waals surface area (Å²) in [6.07, 6.45) is 2.81. The monoisotopic (exact) mass is 352 g/mol. The molecule has 0 heterocycles. The topological polar surface area (TPSA) is 66.5 Å². The molecule has 1 aromatic carbocycles. The van der Waals surface area contributed by atoms with Gasteiger partial charge in [0.15, 0.2) is 0 Å². The van der Waals surface area contributed by atoms with Crippen LogP contribution in [0.3, 0.4) is 0 Å². The molecule has 0 spiro atoms. The van der Waals surface area contributed by atoms with Crippen LogP contribution >= 0.6 is 23.2 Å². The number of carbonyl (C=O) groups is 1. The molecule has 0 fully saturated rings. The lowest BCUT2D eigenvalue weighted by molar-refractivity contribution is -0.119. The van der Waals surface area contributed by atoms with Crippen molar-refractivity contribution in [2.75, 3.05) is 23.7 Å². The summed E-state index contributed by atoms with van der Waals surface area (Å²) in [6.45, 7) is 2.21. The number of nitrogens with one attached hydrogen (secondary N) is 1. The summed E-state index contributed by atoms with van der Waals surface area (Å²) in [4.78, 5) is 11.8. The maximum atomic E-state index is 11.9. The van der Waals surface area contributed by atoms with Gasteiger partial charge in [-0.2, -0.15) is 0 Å². The Labute approximate surface area is 135 Å². The van der Waals surface area contributed by atoms with Crippen LogP contribution in [0.1, 0.15) is 19.8 Å². The first-order valence-corrected chi connectivity index (χ1v) is 9.05. The summed E-state index contributed by atoms with van der Waals surface area (Å²) in [6, 6.07) is 4.40. The number of sulfonamides is 1. The molecule has 0 unspecified atom stereocenters. The zero-order valence-electron chi connectivity index (χ0n) is 11.9. The maximum absolute atomic E-state index is 11.9. The van der Waals surface area contributed by atoms with Crippen molar-refractivity contribution < 1.29 is 13.2 Å². The number of hydrogen-bond acceptors (Lipinski definition) is 3. The van der Waals surface area contributed by atoms with Crippen LogP contribution in [-0.2, 0) is 14.8 Å². The van der Waals surface area contributed by atoms with Gasteiger partial charge in [-0.1, -0.05) is 36.5 Å². The van der Waals surface area contributed by atoms with Gasteiger partial charge in [0.1, 0.15) is 6.54 Å². The Bertz CT molecular complexity index is 585. The minimum absolute atomic E-state index is 0.264. The first kappa shape index (κ1) is 18.1. The molecule has 1 aromatic rings. The predicted molar refractivity (Wildman–Crippen MR) is 86.6 cm³/mol. The SMILES string of the molecule is CCCCNC(=O)CN(c1cc(Cl)cc(Cl)c1)S(C)(=O)=O. The molecule has 0 saturated carbocycles. The van der Waals surface area contributed by atoms with E-state index in [1.165, 1.54) is 18.2 Å². The van der Waals surface area contributed by atoms with Crippen molar-refractivity contribution in [3.05, 3.63) is 28.2 Å². The normalized spacial score (nSPS) is 11.2. The number of hydrogen-bond donors (Lipinski definition) is 1. The van der Waals surface area contributed by atoms with Gasteiger partial charge in [-0.3, -0.25) is 9.10 Å². The van der Waals surface area contributed by atoms with Crippen LogP contribution in [0.2, 0.25) is 10.0 Å². The van der Waals surface area contributed by atoms with E-state index in [4.69, 9.17) is 23.2 Å². The Kier molecular flexibility index (Phi) is 6.77. The molecule has 0 bridgehead atoms. The lowest BCUT2D eigenvalue weighted by Crippen LogP contribution is -2.40. The molecule has 0 aromatic heterocycles. The minimum Gasteiger partial charge on any atom is -0.355 e. The van der Waals surface area contributed by atoms with Gasteiger partial charge in [0.2, 0.25) is 15.9 Å². The molecule has 1 amide bonds. The van der Waals surface area contributed by atoms with Crippen LogP contribution in [0.4, 0.5) is 5.69 Å². The molecule has 0 aliphatic heterocycles. The number of halogens is 2. The standard InChI is InChI=1S/C13H18Cl2N2O3S/c1-3-4-5-16-13(18)9-17(21(2,19)20)12-7-10(14)6-11(15)8-12/h6-8H,3-5,9H2,1-2H3,(H,16,18). The molecule has 0 aliphatic carbocycles. The van der Waals surface area contributed by atoms with Gasteiger partial charge in [0, 0.05) is 16.6 Å². The first-order chi connectivity index (χ1) is 9.74. The Morgan fingerprint density at radius 3 is 2.29 bits per heavy atom. The second-order valence-corrected chi connectivity index (χ2v) is 7.38. The van der Waals surface area contributed by atoms with Crippen LogP contribution in [0, 0.1) is 0 Å². The number of anilines is 1. The van der Waals surface area contributed by atoms with Crippen molar-refractivity contribution in [3.8, 4) is 0 Å². The molecule has 118 valence electrons. The molecule has 0 atom stereocenters. The number of amides is 1. The van der Waals surface area contributed by atoms with Crippen molar-refractivity contribution in [1.82, 2.24) is 5.32 Å². The van der Waals surface area contributed by atoms with Gasteiger partial charge in [0.05, 0.1) is 11.9 Å². The summed E-state index contributed by atoms with van der Waals surface area (Å²) in [5.41, 5.74) is 0.264. The Morgan fingerprint density at radius 2 is 1.81 bits per heavy atom. The molecule has 0 saturated heterocycles. The van der Waals surface area contributed by atoms with Crippen LogP contribution in [0.5, 0.6) is 0 Å². The van der Waals surface area contributed by atoms with Crippen LogP contribution in [0.15, 0.2) is 18.2 Å². The summed E-state index contributed by atoms with van der Waals surface area (Å²) in [7, 11) is -3.62. The third-order valence-electron chi connectivity index (χ3n) is 2.68. The summed E-state index contributed by atoms with van der Waals surface area (Å²) in [5.74, 6) is -0.370. The van der Waals surface area contributed by atoms with Crippen molar-refractivity contribution in [2.45, 2.75) is 19.8 Å². The molecule has 0 aliphatic rings. The molecular weight excluding hydrogens is 335 g/mol. The molecule has 5 nitrogen and oxygen atoms in total. The Hall–Kier alpha value is -0.980. The van der Waals surface area contributed by atoms with Crippen LogP contribution in [-0.4, -0.2) is 33.7 Å². The molecule has 1 rings (SSSR count). The fourth-order valence-electron chi connectivity index (χ4n) is 1.67. The maximum Gasteiger partial charge on any atom is 0.240 e. The van der Waals surface area contributed by atoms with E-state index in [1.807, 2.05) is 6.92 Å². The van der Waals surface area contributed by atoms with E-state index >= 15 is 0 Å². The largest absolute Gasteiger partial charge is 0.355 e. The lowest BCUT2D eigenvalue weighted by atomic mass is 10.3. The molecular formula is C13H18Cl2N2O3S. The van der Waals surface area contributed by atoms with E-state index < -0.39 is 10.0 Å². The van der Waals surface area contributed by atoms with Gasteiger partial charge in [-0.25, -0.2) is 8.42 Å². The fourth-order valence-corrected chi connectivity index (χ4v) is 3.03. The molecule has 21 heavy (non-hydrogen) atoms. The van der Waals surface area contributed by atoms with E-state index in [9.17, 15) is 13.2 Å². The molecule has 8 heteroatoms. The number of benzene rings is 1. The highest BCUT2D eigenvalue weighted by Crippen LogP contribution is 2.26. The van der Waals surface area contributed by atoms with Crippen molar-refractivity contribution in [1.29, 1.82) is 0 Å². The van der Waals surface area contributed by atoms with E-state index in [-0.39, 0.29) is 18.1 Å². The quantitative estimate of drug-likeness (QED) is 0.767. The number of unbranched alkanes of at least 4 members (excludes halogenated alkanes) is 1. The highest BCUT2D eigenvalue weighted by Gasteiger charge is 2.21. The summed E-state index contributed by atoms with van der Waals surface area (Å²) >= 11 is 11.8. The average molecular weight is 353 g/mol. The third-order valence-corrected chi connectivity index (χ3v) is 4.25. The van der Waals surface area contributed by atoms with Gasteiger partial charge in [-0.05, 0) is 24.6 Å². The number of carbonyl (C=O) groups excluding carboxylic acids is 1.